The molecule has 0 radical (unpaired) electrons. The number of rotatable bonds is 13. The van der Waals surface area contributed by atoms with E-state index in [4.69, 9.17) is 47.4 Å². The Morgan fingerprint density at radius 1 is 0.519 bits per heavy atom. The molecule has 0 bridgehead atoms. The average molecular weight is 779 g/mol. The molecular weight excluding hydrogens is 736 g/mol. The summed E-state index contributed by atoms with van der Waals surface area (Å²) in [5, 5.41) is 1.87. The minimum atomic E-state index is -1.61. The van der Waals surface area contributed by atoms with Crippen molar-refractivity contribution in [2.75, 3.05) is 13.2 Å². The van der Waals surface area contributed by atoms with Crippen LogP contribution in [0.2, 0.25) is 0 Å². The summed E-state index contributed by atoms with van der Waals surface area (Å²) in [4.78, 5) is 86.5. The van der Waals surface area contributed by atoms with Crippen molar-refractivity contribution in [3.63, 3.8) is 0 Å². The lowest BCUT2D eigenvalue weighted by Gasteiger charge is -2.46. The molecule has 18 heteroatoms. The molecule has 2 fully saturated rings. The van der Waals surface area contributed by atoms with Crippen LogP contribution in [0, 0.1) is 0 Å². The summed E-state index contributed by atoms with van der Waals surface area (Å²) < 4.78 is 57.0. The van der Waals surface area contributed by atoms with Crippen molar-refractivity contribution < 1.29 is 80.9 Å². The van der Waals surface area contributed by atoms with Gasteiger partial charge in [-0.15, -0.1) is 0 Å². The minimum Gasteiger partial charge on any atom is -0.463 e. The van der Waals surface area contributed by atoms with Gasteiger partial charge in [-0.25, -0.2) is 0 Å². The highest BCUT2D eigenvalue weighted by atomic mass is 32.2. The van der Waals surface area contributed by atoms with E-state index in [1.54, 1.807) is 0 Å². The molecule has 0 amide bonds. The third-order valence-corrected chi connectivity index (χ3v) is 8.98. The lowest BCUT2D eigenvalue weighted by Crippen LogP contribution is -2.64. The van der Waals surface area contributed by atoms with Crippen LogP contribution in [0.3, 0.4) is 0 Å². The van der Waals surface area contributed by atoms with Gasteiger partial charge in [-0.3, -0.25) is 33.6 Å². The van der Waals surface area contributed by atoms with Crippen LogP contribution in [0.15, 0.2) is 47.4 Å². The van der Waals surface area contributed by atoms with Gasteiger partial charge >= 0.3 is 41.8 Å². The predicted molar refractivity (Wildman–Crippen MR) is 183 cm³/mol. The van der Waals surface area contributed by atoms with E-state index < -0.39 is 116 Å². The molecule has 17 nitrogen and oxygen atoms in total. The summed E-state index contributed by atoms with van der Waals surface area (Å²) in [5.74, 6) is -5.56. The second-order valence-electron chi connectivity index (χ2n) is 12.3. The zero-order valence-corrected chi connectivity index (χ0v) is 31.4. The monoisotopic (exact) mass is 778 g/mol. The van der Waals surface area contributed by atoms with Gasteiger partial charge in [0.05, 0.1) is 6.61 Å². The Morgan fingerprint density at radius 3 is 1.52 bits per heavy atom. The molecule has 54 heavy (non-hydrogen) atoms. The predicted octanol–water partition coefficient (Wildman–Crippen LogP) is 2.55. The highest BCUT2D eigenvalue weighted by molar-refractivity contribution is 7.99. The molecule has 2 aromatic rings. The Kier molecular flexibility index (Phi) is 14.8. The maximum absolute atomic E-state index is 12.5. The van der Waals surface area contributed by atoms with Gasteiger partial charge in [0.25, 0.3) is 0 Å². The molecular formula is C36H42O17S. The van der Waals surface area contributed by atoms with Crippen LogP contribution < -0.4 is 0 Å². The summed E-state index contributed by atoms with van der Waals surface area (Å²) in [6.07, 6.45) is -12.9. The van der Waals surface area contributed by atoms with Crippen LogP contribution >= 0.6 is 11.8 Å². The van der Waals surface area contributed by atoms with Gasteiger partial charge < -0.3 is 47.4 Å². The third-order valence-electron chi connectivity index (χ3n) is 7.84. The van der Waals surface area contributed by atoms with E-state index in [1.807, 2.05) is 42.5 Å². The Bertz CT molecular complexity index is 1710. The molecule has 0 saturated carbocycles. The quantitative estimate of drug-likeness (QED) is 0.211. The summed E-state index contributed by atoms with van der Waals surface area (Å²) >= 11 is 1.14. The molecule has 4 rings (SSSR count). The topological polar surface area (TPSA) is 212 Å². The summed E-state index contributed by atoms with van der Waals surface area (Å²) in [7, 11) is 0. The number of carbonyl (C=O) groups is 7. The van der Waals surface area contributed by atoms with Crippen molar-refractivity contribution in [2.24, 2.45) is 0 Å². The maximum atomic E-state index is 12.5. The molecule has 0 aliphatic carbocycles. The van der Waals surface area contributed by atoms with Gasteiger partial charge in [-0.1, -0.05) is 42.1 Å². The normalized spacial score (nSPS) is 27.8. The second-order valence-corrected chi connectivity index (χ2v) is 13.5. The number of ether oxygens (including phenoxy) is 10. The number of thioether (sulfide) groups is 1. The van der Waals surface area contributed by atoms with Gasteiger partial charge in [0, 0.05) is 53.4 Å². The maximum Gasteiger partial charge on any atom is 0.303 e. The van der Waals surface area contributed by atoms with Crippen molar-refractivity contribution in [3.05, 3.63) is 42.5 Å². The molecule has 10 atom stereocenters. The van der Waals surface area contributed by atoms with Gasteiger partial charge in [-0.2, -0.15) is 0 Å². The van der Waals surface area contributed by atoms with E-state index in [-0.39, 0.29) is 0 Å². The van der Waals surface area contributed by atoms with Gasteiger partial charge in [-0.05, 0) is 22.9 Å². The summed E-state index contributed by atoms with van der Waals surface area (Å²) in [6.45, 7) is 6.71. The molecule has 2 aliphatic rings. The van der Waals surface area contributed by atoms with E-state index >= 15 is 0 Å². The van der Waals surface area contributed by atoms with Crippen molar-refractivity contribution in [2.45, 2.75) is 114 Å². The fourth-order valence-corrected chi connectivity index (χ4v) is 7.12. The van der Waals surface area contributed by atoms with E-state index in [0.29, 0.717) is 4.90 Å². The lowest BCUT2D eigenvalue weighted by molar-refractivity contribution is -0.317. The molecule has 0 unspecified atom stereocenters. The Hall–Kier alpha value is -4.78. The molecule has 2 heterocycles. The number of hydrogen-bond acceptors (Lipinski definition) is 18. The Labute approximate surface area is 314 Å². The average Bonchev–Trinajstić information content (AvgIpc) is 3.06. The lowest BCUT2D eigenvalue weighted by atomic mass is 9.97. The fraction of sp³-hybridized carbons (Fsp3) is 0.528. The van der Waals surface area contributed by atoms with Crippen molar-refractivity contribution in [3.8, 4) is 0 Å². The first kappa shape index (κ1) is 42.0. The first-order valence-corrected chi connectivity index (χ1v) is 17.6. The molecule has 2 aromatic carbocycles. The highest BCUT2D eigenvalue weighted by Gasteiger charge is 2.55. The Morgan fingerprint density at radius 2 is 0.981 bits per heavy atom. The molecule has 2 saturated heterocycles. The Balaban J connectivity index is 1.74. The minimum absolute atomic E-state index is 0.503. The smallest absolute Gasteiger partial charge is 0.303 e. The van der Waals surface area contributed by atoms with Crippen molar-refractivity contribution in [1.29, 1.82) is 0 Å². The molecule has 294 valence electrons. The largest absolute Gasteiger partial charge is 0.463 e. The van der Waals surface area contributed by atoms with E-state index in [1.165, 1.54) is 0 Å². The SMILES string of the molecule is CC(=O)OC[C@H]1O[C@@H](OC[C@H]2O[C@@H](Sc3ccc4ccccc4c3)[C@H](OC(C)=O)[C@@H](OC(C)=O)[C@@H]2OC(C)=O)[C@H](OC(C)=O)[C@@H](OC(C)=O)[C@H]1OC(C)=O. The van der Waals surface area contributed by atoms with E-state index in [2.05, 4.69) is 0 Å². The van der Waals surface area contributed by atoms with Crippen LogP contribution in [-0.4, -0.2) is 116 Å². The molecule has 0 N–H and O–H groups in total. The number of hydrogen-bond donors (Lipinski definition) is 0. The van der Waals surface area contributed by atoms with Gasteiger partial charge in [0.15, 0.2) is 42.9 Å². The zero-order valence-electron chi connectivity index (χ0n) is 30.6. The number of benzene rings is 2. The number of carbonyl (C=O) groups excluding carboxylic acids is 7. The van der Waals surface area contributed by atoms with E-state index in [9.17, 15) is 33.6 Å². The van der Waals surface area contributed by atoms with Crippen LogP contribution in [0.4, 0.5) is 0 Å². The molecule has 0 aromatic heterocycles. The zero-order chi connectivity index (χ0) is 39.7. The number of fused-ring (bicyclic) bond motifs is 1. The van der Waals surface area contributed by atoms with Gasteiger partial charge in [0.2, 0.25) is 0 Å². The molecule has 2 aliphatic heterocycles. The first-order chi connectivity index (χ1) is 25.5. The third kappa shape index (κ3) is 11.6. The van der Waals surface area contributed by atoms with Crippen molar-refractivity contribution in [1.82, 2.24) is 0 Å². The molecule has 0 spiro atoms. The highest BCUT2D eigenvalue weighted by Crippen LogP contribution is 2.39. The van der Waals surface area contributed by atoms with Crippen molar-refractivity contribution >= 4 is 64.3 Å². The fourth-order valence-electron chi connectivity index (χ4n) is 5.97. The van der Waals surface area contributed by atoms with Crippen LogP contribution in [0.25, 0.3) is 10.8 Å². The number of esters is 7. The second kappa shape index (κ2) is 19.0. The van der Waals surface area contributed by atoms with Gasteiger partial charge in [0.1, 0.15) is 24.3 Å². The summed E-state index contributed by atoms with van der Waals surface area (Å²) in [6, 6.07) is 13.2. The first-order valence-electron chi connectivity index (χ1n) is 16.8. The summed E-state index contributed by atoms with van der Waals surface area (Å²) in [5.41, 5.74) is -1.09. The van der Waals surface area contributed by atoms with Crippen LogP contribution in [0.5, 0.6) is 0 Å². The van der Waals surface area contributed by atoms with Crippen LogP contribution in [0.1, 0.15) is 48.5 Å². The van der Waals surface area contributed by atoms with Crippen LogP contribution in [-0.2, 0) is 80.9 Å². The standard InChI is InChI=1S/C36H42O17S/c1-17(37)44-15-27-29(46-18(2)38)31(48-20(4)40)33(50-22(6)42)35(52-27)45-16-28-30(47-19(3)39)32(49-21(5)41)34(51-23(7)43)36(53-28)54-26-13-12-24-10-8-9-11-25(24)14-26/h8-14,27-36H,15-16H2,1-7H3/t27-,28-,29+,30-,31+,32+,33-,34-,35-,36+/m1/s1. The van der Waals surface area contributed by atoms with E-state index in [0.717, 1.165) is 71.0 Å².